The highest BCUT2D eigenvalue weighted by molar-refractivity contribution is 5.86. The standard InChI is InChI=1S/C14H20N2O2.C2H6O/c1-3-7-13(16-11(2)17)14(18)15-10-12-8-5-4-6-9-12;1-3-2/h4-6,8-9,13H,3,7,10H2,1-2H3,(H,15,18)(H,16,17);1-2H3. The summed E-state index contributed by atoms with van der Waals surface area (Å²) in [6.07, 6.45) is 1.50. The lowest BCUT2D eigenvalue weighted by molar-refractivity contribution is -0.128. The average molecular weight is 294 g/mol. The lowest BCUT2D eigenvalue weighted by atomic mass is 10.1. The van der Waals surface area contributed by atoms with Gasteiger partial charge >= 0.3 is 0 Å². The molecule has 1 aromatic carbocycles. The molecule has 0 radical (unpaired) electrons. The van der Waals surface area contributed by atoms with E-state index in [1.54, 1.807) is 14.2 Å². The van der Waals surface area contributed by atoms with E-state index < -0.39 is 6.04 Å². The van der Waals surface area contributed by atoms with Gasteiger partial charge in [-0.3, -0.25) is 9.59 Å². The molecule has 5 heteroatoms. The predicted molar refractivity (Wildman–Crippen MR) is 83.7 cm³/mol. The van der Waals surface area contributed by atoms with Gasteiger partial charge in [0.05, 0.1) is 0 Å². The zero-order valence-corrected chi connectivity index (χ0v) is 13.3. The van der Waals surface area contributed by atoms with Gasteiger partial charge in [-0.2, -0.15) is 0 Å². The molecule has 1 rings (SSSR count). The largest absolute Gasteiger partial charge is 0.388 e. The van der Waals surface area contributed by atoms with Crippen LogP contribution in [-0.4, -0.2) is 32.1 Å². The van der Waals surface area contributed by atoms with E-state index in [0.717, 1.165) is 12.0 Å². The summed E-state index contributed by atoms with van der Waals surface area (Å²) >= 11 is 0. The molecule has 0 fully saturated rings. The number of hydrogen-bond acceptors (Lipinski definition) is 3. The first-order chi connectivity index (χ1) is 10.0. The van der Waals surface area contributed by atoms with Crippen molar-refractivity contribution in [1.29, 1.82) is 0 Å². The summed E-state index contributed by atoms with van der Waals surface area (Å²) in [4.78, 5) is 22.9. The molecule has 5 nitrogen and oxygen atoms in total. The molecule has 21 heavy (non-hydrogen) atoms. The van der Waals surface area contributed by atoms with Crippen molar-refractivity contribution in [2.24, 2.45) is 0 Å². The Morgan fingerprint density at radius 3 is 2.24 bits per heavy atom. The van der Waals surface area contributed by atoms with Crippen LogP contribution in [-0.2, 0) is 20.9 Å². The van der Waals surface area contributed by atoms with E-state index in [1.807, 2.05) is 37.3 Å². The van der Waals surface area contributed by atoms with Gasteiger partial charge in [0.25, 0.3) is 0 Å². The Morgan fingerprint density at radius 2 is 1.76 bits per heavy atom. The minimum absolute atomic E-state index is 0.129. The quantitative estimate of drug-likeness (QED) is 0.841. The maximum Gasteiger partial charge on any atom is 0.242 e. The summed E-state index contributed by atoms with van der Waals surface area (Å²) in [7, 11) is 3.25. The van der Waals surface area contributed by atoms with Crippen molar-refractivity contribution in [3.8, 4) is 0 Å². The van der Waals surface area contributed by atoms with Gasteiger partial charge in [-0.15, -0.1) is 0 Å². The van der Waals surface area contributed by atoms with Gasteiger partial charge in [-0.25, -0.2) is 0 Å². The third kappa shape index (κ3) is 9.62. The van der Waals surface area contributed by atoms with Crippen molar-refractivity contribution in [3.05, 3.63) is 35.9 Å². The van der Waals surface area contributed by atoms with Crippen molar-refractivity contribution in [2.75, 3.05) is 14.2 Å². The van der Waals surface area contributed by atoms with Crippen LogP contribution in [0.3, 0.4) is 0 Å². The van der Waals surface area contributed by atoms with Crippen molar-refractivity contribution >= 4 is 11.8 Å². The summed E-state index contributed by atoms with van der Waals surface area (Å²) in [5, 5.41) is 5.50. The highest BCUT2D eigenvalue weighted by Gasteiger charge is 2.17. The number of methoxy groups -OCH3 is 1. The van der Waals surface area contributed by atoms with Crippen LogP contribution in [0, 0.1) is 0 Å². The summed E-state index contributed by atoms with van der Waals surface area (Å²) in [5.74, 6) is -0.306. The van der Waals surface area contributed by atoms with Crippen molar-refractivity contribution < 1.29 is 14.3 Å². The molecule has 0 aromatic heterocycles. The second kappa shape index (κ2) is 11.9. The third-order valence-corrected chi connectivity index (χ3v) is 2.58. The highest BCUT2D eigenvalue weighted by atomic mass is 16.4. The van der Waals surface area contributed by atoms with E-state index in [2.05, 4.69) is 15.4 Å². The SMILES string of the molecule is CCCC(NC(C)=O)C(=O)NCc1ccccc1.COC. The van der Waals surface area contributed by atoms with Crippen molar-refractivity contribution in [1.82, 2.24) is 10.6 Å². The number of rotatable bonds is 6. The Morgan fingerprint density at radius 1 is 1.19 bits per heavy atom. The lowest BCUT2D eigenvalue weighted by Gasteiger charge is -2.16. The molecule has 0 heterocycles. The molecule has 0 aliphatic rings. The monoisotopic (exact) mass is 294 g/mol. The zero-order chi connectivity index (χ0) is 16.1. The van der Waals surface area contributed by atoms with Gasteiger partial charge in [0, 0.05) is 27.7 Å². The number of benzene rings is 1. The Kier molecular flexibility index (Phi) is 10.8. The Hall–Kier alpha value is -1.88. The summed E-state index contributed by atoms with van der Waals surface area (Å²) in [6.45, 7) is 3.89. The molecule has 0 aliphatic heterocycles. The van der Waals surface area contributed by atoms with Gasteiger partial charge in [-0.1, -0.05) is 43.7 Å². The smallest absolute Gasteiger partial charge is 0.242 e. The van der Waals surface area contributed by atoms with Crippen LogP contribution < -0.4 is 10.6 Å². The first-order valence-electron chi connectivity index (χ1n) is 7.04. The first kappa shape index (κ1) is 19.1. The van der Waals surface area contributed by atoms with Crippen LogP contribution in [0.2, 0.25) is 0 Å². The number of nitrogens with one attached hydrogen (secondary N) is 2. The second-order valence-electron chi connectivity index (χ2n) is 4.65. The zero-order valence-electron chi connectivity index (χ0n) is 13.3. The maximum atomic E-state index is 11.9. The topological polar surface area (TPSA) is 67.4 Å². The number of ether oxygens (including phenoxy) is 1. The lowest BCUT2D eigenvalue weighted by Crippen LogP contribution is -2.45. The molecule has 2 amide bonds. The van der Waals surface area contributed by atoms with Crippen LogP contribution >= 0.6 is 0 Å². The average Bonchev–Trinajstić information content (AvgIpc) is 2.46. The third-order valence-electron chi connectivity index (χ3n) is 2.58. The normalized spacial score (nSPS) is 10.9. The van der Waals surface area contributed by atoms with Crippen molar-refractivity contribution in [3.63, 3.8) is 0 Å². The number of carbonyl (C=O) groups is 2. The van der Waals surface area contributed by atoms with E-state index >= 15 is 0 Å². The van der Waals surface area contributed by atoms with E-state index in [0.29, 0.717) is 13.0 Å². The van der Waals surface area contributed by atoms with Gasteiger partial charge in [0.15, 0.2) is 0 Å². The summed E-state index contributed by atoms with van der Waals surface area (Å²) < 4.78 is 4.25. The van der Waals surface area contributed by atoms with E-state index in [-0.39, 0.29) is 11.8 Å². The molecule has 1 atom stereocenters. The Bertz CT molecular complexity index is 407. The second-order valence-corrected chi connectivity index (χ2v) is 4.65. The highest BCUT2D eigenvalue weighted by Crippen LogP contribution is 2.00. The molecule has 1 aromatic rings. The fourth-order valence-electron chi connectivity index (χ4n) is 1.71. The number of hydrogen-bond donors (Lipinski definition) is 2. The van der Waals surface area contributed by atoms with Crippen LogP contribution in [0.1, 0.15) is 32.3 Å². The van der Waals surface area contributed by atoms with Crippen molar-refractivity contribution in [2.45, 2.75) is 39.3 Å². The number of amides is 2. The molecule has 0 spiro atoms. The molecule has 0 saturated carbocycles. The van der Waals surface area contributed by atoms with Gasteiger partial charge in [0.2, 0.25) is 11.8 Å². The van der Waals surface area contributed by atoms with Gasteiger partial charge in [0.1, 0.15) is 6.04 Å². The van der Waals surface area contributed by atoms with Gasteiger partial charge in [-0.05, 0) is 12.0 Å². The molecule has 2 N–H and O–H groups in total. The van der Waals surface area contributed by atoms with Crippen LogP contribution in [0.5, 0.6) is 0 Å². The summed E-state index contributed by atoms with van der Waals surface area (Å²) in [5.41, 5.74) is 1.05. The molecule has 118 valence electrons. The Balaban J connectivity index is 0.00000122. The molecule has 0 bridgehead atoms. The minimum Gasteiger partial charge on any atom is -0.388 e. The number of carbonyl (C=O) groups excluding carboxylic acids is 2. The summed E-state index contributed by atoms with van der Waals surface area (Å²) in [6, 6.07) is 9.26. The molecule has 0 aliphatic carbocycles. The van der Waals surface area contributed by atoms with E-state index in [4.69, 9.17) is 0 Å². The Labute approximate surface area is 127 Å². The predicted octanol–water partition coefficient (Wildman–Crippen LogP) is 1.87. The molecule has 1 unspecified atom stereocenters. The maximum absolute atomic E-state index is 11.9. The minimum atomic E-state index is -0.434. The van der Waals surface area contributed by atoms with E-state index in [9.17, 15) is 9.59 Å². The van der Waals surface area contributed by atoms with Crippen LogP contribution in [0.4, 0.5) is 0 Å². The fourth-order valence-corrected chi connectivity index (χ4v) is 1.71. The first-order valence-corrected chi connectivity index (χ1v) is 7.04. The van der Waals surface area contributed by atoms with E-state index in [1.165, 1.54) is 6.92 Å². The molecular formula is C16H26N2O3. The van der Waals surface area contributed by atoms with Crippen LogP contribution in [0.15, 0.2) is 30.3 Å². The fraction of sp³-hybridized carbons (Fsp3) is 0.500. The van der Waals surface area contributed by atoms with Crippen LogP contribution in [0.25, 0.3) is 0 Å². The molecular weight excluding hydrogens is 268 g/mol. The molecule has 0 saturated heterocycles. The van der Waals surface area contributed by atoms with Gasteiger partial charge < -0.3 is 15.4 Å².